The van der Waals surface area contributed by atoms with Crippen molar-refractivity contribution in [2.75, 3.05) is 31.2 Å². The van der Waals surface area contributed by atoms with E-state index < -0.39 is 0 Å². The van der Waals surface area contributed by atoms with Crippen molar-refractivity contribution in [2.45, 2.75) is 5.33 Å². The molecule has 1 aromatic carbocycles. The van der Waals surface area contributed by atoms with Crippen molar-refractivity contribution < 1.29 is 4.74 Å². The van der Waals surface area contributed by atoms with E-state index in [9.17, 15) is 0 Å². The molecule has 3 rings (SSSR count). The normalized spacial score (nSPS) is 16.6. The van der Waals surface area contributed by atoms with E-state index in [0.29, 0.717) is 0 Å². The van der Waals surface area contributed by atoms with Crippen molar-refractivity contribution in [1.82, 2.24) is 10.2 Å². The first-order chi connectivity index (χ1) is 8.38. The summed E-state index contributed by atoms with van der Waals surface area (Å²) in [4.78, 5) is 2.28. The third-order valence-electron chi connectivity index (χ3n) is 3.07. The smallest absolute Gasteiger partial charge is 0.158 e. The van der Waals surface area contributed by atoms with Gasteiger partial charge in [0.25, 0.3) is 0 Å². The van der Waals surface area contributed by atoms with Crippen LogP contribution in [0.1, 0.15) is 5.56 Å². The van der Waals surface area contributed by atoms with Crippen LogP contribution in [0.2, 0.25) is 0 Å². The summed E-state index contributed by atoms with van der Waals surface area (Å²) in [5, 5.41) is 9.58. The van der Waals surface area contributed by atoms with Crippen molar-refractivity contribution in [3.05, 3.63) is 23.8 Å². The van der Waals surface area contributed by atoms with Gasteiger partial charge in [0.1, 0.15) is 0 Å². The number of anilines is 1. The summed E-state index contributed by atoms with van der Waals surface area (Å²) in [5.41, 5.74) is 2.37. The van der Waals surface area contributed by atoms with Crippen LogP contribution in [0.15, 0.2) is 18.2 Å². The molecule has 0 saturated carbocycles. The number of nitrogens with one attached hydrogen (secondary N) is 1. The maximum Gasteiger partial charge on any atom is 0.158 e. The van der Waals surface area contributed by atoms with E-state index in [4.69, 9.17) is 4.74 Å². The molecule has 4 nitrogen and oxygen atoms in total. The molecular weight excluding hydrogens is 282 g/mol. The molecule has 1 fully saturated rings. The fraction of sp³-hybridized carbons (Fsp3) is 0.417. The molecule has 2 heterocycles. The number of hydrogen-bond acceptors (Lipinski definition) is 3. The van der Waals surface area contributed by atoms with E-state index in [0.717, 1.165) is 43.0 Å². The third kappa shape index (κ3) is 2.05. The molecule has 0 radical (unpaired) electrons. The molecule has 1 N–H and O–H groups in total. The van der Waals surface area contributed by atoms with Crippen LogP contribution in [0.3, 0.4) is 0 Å². The average molecular weight is 296 g/mol. The fourth-order valence-electron chi connectivity index (χ4n) is 2.15. The van der Waals surface area contributed by atoms with Crippen molar-refractivity contribution >= 4 is 32.7 Å². The number of aromatic nitrogens is 2. The molecule has 0 amide bonds. The summed E-state index contributed by atoms with van der Waals surface area (Å²) >= 11 is 3.49. The number of ether oxygens (including phenoxy) is 1. The first-order valence-electron chi connectivity index (χ1n) is 5.74. The molecular formula is C12H14BrN3O. The van der Waals surface area contributed by atoms with Gasteiger partial charge in [-0.1, -0.05) is 22.0 Å². The van der Waals surface area contributed by atoms with Gasteiger partial charge >= 0.3 is 0 Å². The van der Waals surface area contributed by atoms with Gasteiger partial charge in [-0.2, -0.15) is 5.10 Å². The SMILES string of the molecule is BrCc1ccc2[nH]nc(N3CCOCC3)c2c1. The lowest BCUT2D eigenvalue weighted by Gasteiger charge is -2.26. The zero-order valence-electron chi connectivity index (χ0n) is 9.45. The van der Waals surface area contributed by atoms with Gasteiger partial charge in [-0.15, -0.1) is 0 Å². The van der Waals surface area contributed by atoms with Gasteiger partial charge in [0, 0.05) is 23.8 Å². The molecule has 0 atom stereocenters. The molecule has 0 aliphatic carbocycles. The van der Waals surface area contributed by atoms with Crippen LogP contribution in [-0.4, -0.2) is 36.5 Å². The van der Waals surface area contributed by atoms with Gasteiger partial charge in [-0.05, 0) is 17.7 Å². The maximum absolute atomic E-state index is 5.37. The summed E-state index contributed by atoms with van der Waals surface area (Å²) < 4.78 is 5.37. The molecule has 0 unspecified atom stereocenters. The standard InChI is InChI=1S/C12H14BrN3O/c13-8-9-1-2-11-10(7-9)12(15-14-11)16-3-5-17-6-4-16/h1-2,7H,3-6,8H2,(H,14,15). The van der Waals surface area contributed by atoms with Crippen LogP contribution in [0, 0.1) is 0 Å². The number of H-pyrrole nitrogens is 1. The zero-order chi connectivity index (χ0) is 11.7. The first kappa shape index (κ1) is 11.0. The number of alkyl halides is 1. The minimum absolute atomic E-state index is 0.784. The average Bonchev–Trinajstić information content (AvgIpc) is 2.82. The number of nitrogens with zero attached hydrogens (tertiary/aromatic N) is 2. The quantitative estimate of drug-likeness (QED) is 0.865. The number of rotatable bonds is 2. The van der Waals surface area contributed by atoms with Crippen molar-refractivity contribution in [1.29, 1.82) is 0 Å². The van der Waals surface area contributed by atoms with E-state index in [2.05, 4.69) is 49.2 Å². The second-order valence-corrected chi connectivity index (χ2v) is 4.72. The minimum Gasteiger partial charge on any atom is -0.378 e. The number of fused-ring (bicyclic) bond motifs is 1. The largest absolute Gasteiger partial charge is 0.378 e. The van der Waals surface area contributed by atoms with E-state index >= 15 is 0 Å². The van der Waals surface area contributed by atoms with Gasteiger partial charge in [-0.25, -0.2) is 0 Å². The second kappa shape index (κ2) is 4.66. The van der Waals surface area contributed by atoms with Gasteiger partial charge in [0.15, 0.2) is 5.82 Å². The molecule has 0 spiro atoms. The lowest BCUT2D eigenvalue weighted by atomic mass is 10.1. The summed E-state index contributed by atoms with van der Waals surface area (Å²) in [6.07, 6.45) is 0. The highest BCUT2D eigenvalue weighted by atomic mass is 79.9. The Balaban J connectivity index is 2.02. The molecule has 1 saturated heterocycles. The highest BCUT2D eigenvalue weighted by Gasteiger charge is 2.16. The Morgan fingerprint density at radius 1 is 1.35 bits per heavy atom. The molecule has 1 aromatic heterocycles. The van der Waals surface area contributed by atoms with E-state index in [-0.39, 0.29) is 0 Å². The maximum atomic E-state index is 5.37. The van der Waals surface area contributed by atoms with Gasteiger partial charge in [0.05, 0.1) is 18.7 Å². The van der Waals surface area contributed by atoms with Crippen LogP contribution in [-0.2, 0) is 10.1 Å². The summed E-state index contributed by atoms with van der Waals surface area (Å²) in [5.74, 6) is 1.05. The molecule has 0 bridgehead atoms. The zero-order valence-corrected chi connectivity index (χ0v) is 11.0. The number of halogens is 1. The highest BCUT2D eigenvalue weighted by molar-refractivity contribution is 9.08. The number of benzene rings is 1. The minimum atomic E-state index is 0.784. The van der Waals surface area contributed by atoms with Gasteiger partial charge in [0.2, 0.25) is 0 Å². The Morgan fingerprint density at radius 3 is 2.94 bits per heavy atom. The Kier molecular flexibility index (Phi) is 3.03. The molecule has 2 aromatic rings. The molecule has 5 heteroatoms. The van der Waals surface area contributed by atoms with Crippen LogP contribution in [0.4, 0.5) is 5.82 Å². The highest BCUT2D eigenvalue weighted by Crippen LogP contribution is 2.26. The fourth-order valence-corrected chi connectivity index (χ4v) is 2.50. The number of aromatic amines is 1. The van der Waals surface area contributed by atoms with E-state index in [1.165, 1.54) is 10.9 Å². The van der Waals surface area contributed by atoms with Gasteiger partial charge in [-0.3, -0.25) is 5.10 Å². The van der Waals surface area contributed by atoms with Crippen molar-refractivity contribution in [3.8, 4) is 0 Å². The van der Waals surface area contributed by atoms with Crippen LogP contribution < -0.4 is 4.90 Å². The monoisotopic (exact) mass is 295 g/mol. The first-order valence-corrected chi connectivity index (χ1v) is 6.86. The van der Waals surface area contributed by atoms with Crippen molar-refractivity contribution in [3.63, 3.8) is 0 Å². The summed E-state index contributed by atoms with van der Waals surface area (Å²) in [6.45, 7) is 3.40. The van der Waals surface area contributed by atoms with Crippen LogP contribution >= 0.6 is 15.9 Å². The summed E-state index contributed by atoms with van der Waals surface area (Å²) in [6, 6.07) is 6.39. The third-order valence-corrected chi connectivity index (χ3v) is 3.72. The number of morpholine rings is 1. The number of hydrogen-bond donors (Lipinski definition) is 1. The Labute approximate surface area is 108 Å². The Bertz CT molecular complexity index is 519. The molecule has 90 valence electrons. The molecule has 1 aliphatic heterocycles. The predicted octanol–water partition coefficient (Wildman–Crippen LogP) is 2.29. The lowest BCUT2D eigenvalue weighted by Crippen LogP contribution is -2.36. The topological polar surface area (TPSA) is 41.2 Å². The van der Waals surface area contributed by atoms with E-state index in [1.807, 2.05) is 0 Å². The van der Waals surface area contributed by atoms with E-state index in [1.54, 1.807) is 0 Å². The Hall–Kier alpha value is -1.07. The predicted molar refractivity (Wildman–Crippen MR) is 71.8 cm³/mol. The Morgan fingerprint density at radius 2 is 2.18 bits per heavy atom. The lowest BCUT2D eigenvalue weighted by molar-refractivity contribution is 0.122. The second-order valence-electron chi connectivity index (χ2n) is 4.16. The molecule has 1 aliphatic rings. The van der Waals surface area contributed by atoms with Crippen molar-refractivity contribution in [2.24, 2.45) is 0 Å². The summed E-state index contributed by atoms with van der Waals surface area (Å²) in [7, 11) is 0. The van der Waals surface area contributed by atoms with Crippen LogP contribution in [0.25, 0.3) is 10.9 Å². The molecule has 17 heavy (non-hydrogen) atoms. The van der Waals surface area contributed by atoms with Crippen LogP contribution in [0.5, 0.6) is 0 Å². The van der Waals surface area contributed by atoms with Gasteiger partial charge < -0.3 is 9.64 Å².